The zero-order chi connectivity index (χ0) is 14.2. The highest BCUT2D eigenvalue weighted by atomic mass is 79.9. The fourth-order valence-electron chi connectivity index (χ4n) is 2.43. The van der Waals surface area contributed by atoms with Gasteiger partial charge in [-0.15, -0.1) is 0 Å². The third-order valence-electron chi connectivity index (χ3n) is 3.60. The number of nitrogen functional groups attached to an aromatic ring is 1. The molecule has 0 aliphatic carbocycles. The van der Waals surface area contributed by atoms with Crippen molar-refractivity contribution in [3.8, 4) is 0 Å². The zero-order valence-electron chi connectivity index (χ0n) is 11.1. The van der Waals surface area contributed by atoms with Gasteiger partial charge in [0, 0.05) is 22.7 Å². The molecule has 0 spiro atoms. The number of hydrogen-bond acceptors (Lipinski definition) is 3. The minimum Gasteiger partial charge on any atom is -0.399 e. The first-order valence-electron chi connectivity index (χ1n) is 6.39. The number of benzene rings is 1. The van der Waals surface area contributed by atoms with E-state index in [-0.39, 0.29) is 10.9 Å². The monoisotopic (exact) mass is 346 g/mol. The van der Waals surface area contributed by atoms with Crippen molar-refractivity contribution in [2.45, 2.75) is 37.6 Å². The summed E-state index contributed by atoms with van der Waals surface area (Å²) >= 11 is 3.31. The quantitative estimate of drug-likeness (QED) is 0.837. The van der Waals surface area contributed by atoms with Crippen molar-refractivity contribution in [1.82, 2.24) is 4.31 Å². The Hall–Kier alpha value is -0.590. The van der Waals surface area contributed by atoms with Crippen molar-refractivity contribution < 1.29 is 8.42 Å². The average molecular weight is 347 g/mol. The van der Waals surface area contributed by atoms with Gasteiger partial charge in [-0.3, -0.25) is 0 Å². The Kier molecular flexibility index (Phi) is 4.23. The van der Waals surface area contributed by atoms with Crippen LogP contribution < -0.4 is 5.73 Å². The van der Waals surface area contributed by atoms with Crippen LogP contribution in [0.15, 0.2) is 27.6 Å². The minimum atomic E-state index is -3.49. The van der Waals surface area contributed by atoms with Crippen LogP contribution in [0, 0.1) is 5.92 Å². The van der Waals surface area contributed by atoms with Crippen LogP contribution in [0.5, 0.6) is 0 Å². The molecule has 6 heteroatoms. The molecule has 19 heavy (non-hydrogen) atoms. The highest BCUT2D eigenvalue weighted by molar-refractivity contribution is 9.10. The number of nitrogens with zero attached hydrogens (tertiary/aromatic N) is 1. The summed E-state index contributed by atoms with van der Waals surface area (Å²) in [5.74, 6) is 0.394. The maximum absolute atomic E-state index is 12.8. The lowest BCUT2D eigenvalue weighted by atomic mass is 9.97. The number of nitrogens with two attached hydrogens (primary N) is 1. The van der Waals surface area contributed by atoms with E-state index < -0.39 is 10.0 Å². The lowest BCUT2D eigenvalue weighted by molar-refractivity contribution is 0.218. The van der Waals surface area contributed by atoms with Crippen LogP contribution in [-0.2, 0) is 10.0 Å². The molecule has 1 aliphatic rings. The number of piperidine rings is 1. The van der Waals surface area contributed by atoms with E-state index in [0.717, 1.165) is 12.8 Å². The van der Waals surface area contributed by atoms with Crippen LogP contribution >= 0.6 is 15.9 Å². The average Bonchev–Trinajstić information content (AvgIpc) is 2.35. The van der Waals surface area contributed by atoms with Crippen LogP contribution in [-0.4, -0.2) is 25.3 Å². The molecule has 1 aromatic carbocycles. The van der Waals surface area contributed by atoms with Crippen LogP contribution in [0.2, 0.25) is 0 Å². The van der Waals surface area contributed by atoms with Gasteiger partial charge in [0.2, 0.25) is 10.0 Å². The molecule has 106 valence electrons. The molecule has 1 aliphatic heterocycles. The van der Waals surface area contributed by atoms with E-state index in [0.29, 0.717) is 22.6 Å². The third kappa shape index (κ3) is 2.95. The number of hydrogen-bond donors (Lipinski definition) is 1. The van der Waals surface area contributed by atoms with Gasteiger partial charge in [0.1, 0.15) is 0 Å². The van der Waals surface area contributed by atoms with E-state index in [1.54, 1.807) is 16.4 Å². The third-order valence-corrected chi connectivity index (χ3v) is 6.58. The molecule has 1 saturated heterocycles. The maximum atomic E-state index is 12.8. The first-order valence-corrected chi connectivity index (χ1v) is 8.62. The highest BCUT2D eigenvalue weighted by Crippen LogP contribution is 2.32. The van der Waals surface area contributed by atoms with Crippen LogP contribution in [0.3, 0.4) is 0 Å². The van der Waals surface area contributed by atoms with Gasteiger partial charge in [0.25, 0.3) is 0 Å². The molecule has 2 atom stereocenters. The van der Waals surface area contributed by atoms with E-state index >= 15 is 0 Å². The number of sulfonamides is 1. The predicted molar refractivity (Wildman–Crippen MR) is 80.3 cm³/mol. The molecule has 1 fully saturated rings. The molecular formula is C13H19BrN2O2S. The Morgan fingerprint density at radius 3 is 2.68 bits per heavy atom. The summed E-state index contributed by atoms with van der Waals surface area (Å²) in [6.45, 7) is 4.62. The fourth-order valence-corrected chi connectivity index (χ4v) is 5.17. The van der Waals surface area contributed by atoms with Crippen molar-refractivity contribution in [1.29, 1.82) is 0 Å². The van der Waals surface area contributed by atoms with E-state index in [9.17, 15) is 8.42 Å². The lowest BCUT2D eigenvalue weighted by Crippen LogP contribution is -2.44. The molecule has 0 radical (unpaired) electrons. The Balaban J connectivity index is 2.44. The lowest BCUT2D eigenvalue weighted by Gasteiger charge is -2.35. The second kappa shape index (κ2) is 5.42. The maximum Gasteiger partial charge on any atom is 0.244 e. The zero-order valence-corrected chi connectivity index (χ0v) is 13.5. The largest absolute Gasteiger partial charge is 0.399 e. The molecule has 0 aromatic heterocycles. The molecule has 4 nitrogen and oxygen atoms in total. The van der Waals surface area contributed by atoms with E-state index in [1.807, 2.05) is 6.92 Å². The van der Waals surface area contributed by atoms with Crippen LogP contribution in [0.25, 0.3) is 0 Å². The number of anilines is 1. The van der Waals surface area contributed by atoms with Crippen LogP contribution in [0.4, 0.5) is 5.69 Å². The summed E-state index contributed by atoms with van der Waals surface area (Å²) in [4.78, 5) is 0.258. The molecule has 1 aromatic rings. The Morgan fingerprint density at radius 1 is 1.32 bits per heavy atom. The first-order chi connectivity index (χ1) is 8.82. The van der Waals surface area contributed by atoms with Crippen molar-refractivity contribution in [3.63, 3.8) is 0 Å². The van der Waals surface area contributed by atoms with Gasteiger partial charge in [-0.1, -0.05) is 6.92 Å². The fraction of sp³-hybridized carbons (Fsp3) is 0.538. The molecule has 1 heterocycles. The van der Waals surface area contributed by atoms with Gasteiger partial charge in [-0.05, 0) is 59.8 Å². The van der Waals surface area contributed by atoms with Crippen molar-refractivity contribution >= 4 is 31.6 Å². The van der Waals surface area contributed by atoms with Crippen LogP contribution in [0.1, 0.15) is 26.7 Å². The molecule has 0 amide bonds. The van der Waals surface area contributed by atoms with Gasteiger partial charge in [0.15, 0.2) is 0 Å². The van der Waals surface area contributed by atoms with Gasteiger partial charge < -0.3 is 5.73 Å². The summed E-state index contributed by atoms with van der Waals surface area (Å²) in [6, 6.07) is 4.92. The van der Waals surface area contributed by atoms with Gasteiger partial charge in [0.05, 0.1) is 4.90 Å². The van der Waals surface area contributed by atoms with E-state index in [2.05, 4.69) is 22.9 Å². The van der Waals surface area contributed by atoms with Crippen molar-refractivity contribution in [3.05, 3.63) is 22.7 Å². The summed E-state index contributed by atoms with van der Waals surface area (Å²) in [7, 11) is -3.49. The van der Waals surface area contributed by atoms with Gasteiger partial charge in [-0.25, -0.2) is 8.42 Å². The normalized spacial score (nSPS) is 25.4. The SMILES string of the molecule is CC1CCC(C)N(S(=O)(=O)c2cc(N)ccc2Br)C1. The topological polar surface area (TPSA) is 63.4 Å². The van der Waals surface area contributed by atoms with E-state index in [4.69, 9.17) is 5.73 Å². The van der Waals surface area contributed by atoms with Crippen molar-refractivity contribution in [2.75, 3.05) is 12.3 Å². The van der Waals surface area contributed by atoms with E-state index in [1.165, 1.54) is 6.07 Å². The minimum absolute atomic E-state index is 0.0366. The second-order valence-electron chi connectivity index (χ2n) is 5.30. The smallest absolute Gasteiger partial charge is 0.244 e. The molecule has 0 bridgehead atoms. The summed E-state index contributed by atoms with van der Waals surface area (Å²) < 4.78 is 27.7. The molecule has 0 saturated carbocycles. The molecular weight excluding hydrogens is 328 g/mol. The standard InChI is InChI=1S/C13H19BrN2O2S/c1-9-3-4-10(2)16(8-9)19(17,18)13-7-11(15)5-6-12(13)14/h5-7,9-10H,3-4,8,15H2,1-2H3. The summed E-state index contributed by atoms with van der Waals surface area (Å²) in [6.07, 6.45) is 1.98. The van der Waals surface area contributed by atoms with Gasteiger partial charge >= 0.3 is 0 Å². The number of rotatable bonds is 2. The Bertz CT molecular complexity index is 574. The summed E-state index contributed by atoms with van der Waals surface area (Å²) in [5, 5.41) is 0. The van der Waals surface area contributed by atoms with Gasteiger partial charge in [-0.2, -0.15) is 4.31 Å². The van der Waals surface area contributed by atoms with Crippen molar-refractivity contribution in [2.24, 2.45) is 5.92 Å². The predicted octanol–water partition coefficient (Wildman–Crippen LogP) is 2.84. The Labute approximate surface area is 123 Å². The highest BCUT2D eigenvalue weighted by Gasteiger charge is 2.34. The Morgan fingerprint density at radius 2 is 2.00 bits per heavy atom. The molecule has 2 rings (SSSR count). The summed E-state index contributed by atoms with van der Waals surface area (Å²) in [5.41, 5.74) is 6.17. The first kappa shape index (κ1) is 14.8. The molecule has 2 N–H and O–H groups in total. The second-order valence-corrected chi connectivity index (χ2v) is 8.01. The number of halogens is 1. The molecule has 2 unspecified atom stereocenters.